The van der Waals surface area contributed by atoms with E-state index in [4.69, 9.17) is 0 Å². The van der Waals surface area contributed by atoms with E-state index in [2.05, 4.69) is 16.3 Å². The lowest BCUT2D eigenvalue weighted by atomic mass is 10.4. The molecule has 0 saturated heterocycles. The van der Waals surface area contributed by atoms with Crippen molar-refractivity contribution in [2.75, 3.05) is 0 Å². The summed E-state index contributed by atoms with van der Waals surface area (Å²) in [7, 11) is 0. The zero-order chi connectivity index (χ0) is 6.69. The van der Waals surface area contributed by atoms with E-state index < -0.39 is 6.43 Å². The van der Waals surface area contributed by atoms with Crippen molar-refractivity contribution in [3.63, 3.8) is 0 Å². The molecule has 0 aliphatic heterocycles. The molecule has 0 bridgehead atoms. The lowest BCUT2D eigenvalue weighted by Gasteiger charge is -1.91. The summed E-state index contributed by atoms with van der Waals surface area (Å²) < 4.78 is 23.3. The summed E-state index contributed by atoms with van der Waals surface area (Å²) in [4.78, 5) is 0. The molecule has 1 aromatic rings. The smallest absolute Gasteiger partial charge is 0.203 e. The van der Waals surface area contributed by atoms with E-state index in [-0.39, 0.29) is 5.69 Å². The van der Waals surface area contributed by atoms with Crippen LogP contribution < -0.4 is 0 Å². The molecule has 0 spiro atoms. The first kappa shape index (κ1) is 6.07. The standard InChI is InChI=1S/C5H3F2N2/c6-5(7)4-2-1-3-8-9-4/h2-3,5H. The minimum absolute atomic E-state index is 0.336. The monoisotopic (exact) mass is 129 g/mol. The van der Waals surface area contributed by atoms with Crippen molar-refractivity contribution in [3.05, 3.63) is 24.0 Å². The van der Waals surface area contributed by atoms with Gasteiger partial charge in [-0.25, -0.2) is 8.78 Å². The first-order valence-electron chi connectivity index (χ1n) is 2.27. The Labute approximate surface area is 50.5 Å². The van der Waals surface area contributed by atoms with E-state index in [0.717, 1.165) is 6.07 Å². The van der Waals surface area contributed by atoms with Crippen molar-refractivity contribution >= 4 is 0 Å². The summed E-state index contributed by atoms with van der Waals surface area (Å²) in [5.74, 6) is 0. The van der Waals surface area contributed by atoms with Crippen LogP contribution in [0.2, 0.25) is 0 Å². The Bertz CT molecular complexity index is 176. The molecule has 2 nitrogen and oxygen atoms in total. The summed E-state index contributed by atoms with van der Waals surface area (Å²) in [5, 5.41) is 6.37. The highest BCUT2D eigenvalue weighted by Crippen LogP contribution is 2.12. The maximum Gasteiger partial charge on any atom is 0.282 e. The van der Waals surface area contributed by atoms with Crippen molar-refractivity contribution in [3.8, 4) is 0 Å². The molecule has 0 N–H and O–H groups in total. The Morgan fingerprint density at radius 2 is 2.33 bits per heavy atom. The second-order valence-corrected chi connectivity index (χ2v) is 1.38. The van der Waals surface area contributed by atoms with Gasteiger partial charge in [0.2, 0.25) is 0 Å². The molecule has 47 valence electrons. The molecule has 1 radical (unpaired) electrons. The highest BCUT2D eigenvalue weighted by Gasteiger charge is 2.06. The van der Waals surface area contributed by atoms with Crippen LogP contribution in [-0.4, -0.2) is 10.2 Å². The molecule has 0 aromatic carbocycles. The minimum atomic E-state index is -2.55. The number of nitrogens with zero attached hydrogens (tertiary/aromatic N) is 2. The number of hydrogen-bond donors (Lipinski definition) is 0. The van der Waals surface area contributed by atoms with Crippen LogP contribution in [0.1, 0.15) is 12.1 Å². The molecule has 0 amide bonds. The minimum Gasteiger partial charge on any atom is -0.203 e. The Hall–Kier alpha value is -1.06. The molecule has 0 aliphatic carbocycles. The van der Waals surface area contributed by atoms with Gasteiger partial charge in [0, 0.05) is 6.07 Å². The van der Waals surface area contributed by atoms with Crippen LogP contribution in [-0.2, 0) is 0 Å². The number of rotatable bonds is 1. The van der Waals surface area contributed by atoms with Crippen molar-refractivity contribution < 1.29 is 8.78 Å². The molecular formula is C5H3F2N2. The Morgan fingerprint density at radius 1 is 1.56 bits per heavy atom. The highest BCUT2D eigenvalue weighted by atomic mass is 19.3. The van der Waals surface area contributed by atoms with E-state index in [1.165, 1.54) is 6.20 Å². The van der Waals surface area contributed by atoms with Gasteiger partial charge in [0.15, 0.2) is 0 Å². The predicted molar refractivity (Wildman–Crippen MR) is 25.8 cm³/mol. The van der Waals surface area contributed by atoms with Crippen LogP contribution in [0.3, 0.4) is 0 Å². The van der Waals surface area contributed by atoms with Gasteiger partial charge in [-0.05, 0) is 6.07 Å². The Balaban J connectivity index is 2.85. The average Bonchev–Trinajstić information content (AvgIpc) is 1.90. The summed E-state index contributed by atoms with van der Waals surface area (Å²) in [5.41, 5.74) is -0.336. The maximum atomic E-state index is 11.6. The molecule has 0 fully saturated rings. The second kappa shape index (κ2) is 2.48. The molecule has 9 heavy (non-hydrogen) atoms. The fourth-order valence-corrected chi connectivity index (χ4v) is 0.387. The lowest BCUT2D eigenvalue weighted by molar-refractivity contribution is 0.145. The largest absolute Gasteiger partial charge is 0.282 e. The van der Waals surface area contributed by atoms with Crippen LogP contribution in [0.5, 0.6) is 0 Å². The molecule has 0 aliphatic rings. The van der Waals surface area contributed by atoms with Crippen molar-refractivity contribution in [1.29, 1.82) is 0 Å². The zero-order valence-electron chi connectivity index (χ0n) is 4.38. The fourth-order valence-electron chi connectivity index (χ4n) is 0.387. The molecule has 1 rings (SSSR count). The zero-order valence-corrected chi connectivity index (χ0v) is 4.38. The quantitative estimate of drug-likeness (QED) is 0.569. The number of aromatic nitrogens is 2. The summed E-state index contributed by atoms with van der Waals surface area (Å²) in [6.07, 6.45) is -1.32. The topological polar surface area (TPSA) is 25.8 Å². The van der Waals surface area contributed by atoms with Crippen LogP contribution in [0, 0.1) is 6.07 Å². The SMILES string of the molecule is FC(F)c1c[c]cnn1. The molecule has 0 atom stereocenters. The summed E-state index contributed by atoms with van der Waals surface area (Å²) in [6.45, 7) is 0. The maximum absolute atomic E-state index is 11.6. The van der Waals surface area contributed by atoms with E-state index in [0.29, 0.717) is 0 Å². The highest BCUT2D eigenvalue weighted by molar-refractivity contribution is 4.98. The van der Waals surface area contributed by atoms with Crippen LogP contribution in [0.25, 0.3) is 0 Å². The first-order valence-corrected chi connectivity index (χ1v) is 2.27. The molecule has 0 unspecified atom stereocenters. The number of alkyl halides is 2. The number of halogens is 2. The van der Waals surface area contributed by atoms with Crippen molar-refractivity contribution in [1.82, 2.24) is 10.2 Å². The third kappa shape index (κ3) is 1.42. The molecule has 1 heterocycles. The average molecular weight is 129 g/mol. The third-order valence-corrected chi connectivity index (χ3v) is 0.760. The van der Waals surface area contributed by atoms with Crippen LogP contribution in [0.15, 0.2) is 12.3 Å². The Kier molecular flexibility index (Phi) is 1.67. The molecule has 4 heteroatoms. The van der Waals surface area contributed by atoms with Gasteiger partial charge >= 0.3 is 0 Å². The summed E-state index contributed by atoms with van der Waals surface area (Å²) in [6, 6.07) is 3.50. The first-order chi connectivity index (χ1) is 4.30. The Morgan fingerprint density at radius 3 is 2.67 bits per heavy atom. The van der Waals surface area contributed by atoms with Crippen molar-refractivity contribution in [2.24, 2.45) is 0 Å². The van der Waals surface area contributed by atoms with Gasteiger partial charge in [-0.2, -0.15) is 5.10 Å². The predicted octanol–water partition coefficient (Wildman–Crippen LogP) is 1.21. The van der Waals surface area contributed by atoms with Gasteiger partial charge in [0.25, 0.3) is 6.43 Å². The lowest BCUT2D eigenvalue weighted by Crippen LogP contribution is -1.90. The van der Waals surface area contributed by atoms with Gasteiger partial charge in [0.1, 0.15) is 5.69 Å². The molecule has 1 aromatic heterocycles. The molecule has 0 saturated carbocycles. The normalized spacial score (nSPS) is 10.1. The number of hydrogen-bond acceptors (Lipinski definition) is 2. The van der Waals surface area contributed by atoms with Crippen LogP contribution >= 0.6 is 0 Å². The summed E-state index contributed by atoms with van der Waals surface area (Å²) >= 11 is 0. The fraction of sp³-hybridized carbons (Fsp3) is 0.200. The van der Waals surface area contributed by atoms with Gasteiger partial charge < -0.3 is 0 Å². The van der Waals surface area contributed by atoms with E-state index in [9.17, 15) is 8.78 Å². The van der Waals surface area contributed by atoms with Crippen LogP contribution in [0.4, 0.5) is 8.78 Å². The second-order valence-electron chi connectivity index (χ2n) is 1.38. The third-order valence-electron chi connectivity index (χ3n) is 0.760. The van der Waals surface area contributed by atoms with Gasteiger partial charge in [-0.3, -0.25) is 0 Å². The van der Waals surface area contributed by atoms with Crippen molar-refractivity contribution in [2.45, 2.75) is 6.43 Å². The van der Waals surface area contributed by atoms with E-state index >= 15 is 0 Å². The van der Waals surface area contributed by atoms with E-state index in [1.807, 2.05) is 0 Å². The van der Waals surface area contributed by atoms with Gasteiger partial charge in [0.05, 0.1) is 6.20 Å². The van der Waals surface area contributed by atoms with E-state index in [1.54, 1.807) is 0 Å². The molecular weight excluding hydrogens is 126 g/mol. The van der Waals surface area contributed by atoms with Gasteiger partial charge in [-0.15, -0.1) is 5.10 Å². The van der Waals surface area contributed by atoms with Gasteiger partial charge in [-0.1, -0.05) is 0 Å².